The van der Waals surface area contributed by atoms with Crippen LogP contribution in [0.1, 0.15) is 22.0 Å². The molecule has 0 saturated heterocycles. The molecule has 1 unspecified atom stereocenters. The molecular formula is C17H16ClN7O. The molecule has 0 fully saturated rings. The topological polar surface area (TPSA) is 103 Å². The van der Waals surface area contributed by atoms with Gasteiger partial charge in [0.2, 0.25) is 0 Å². The Kier molecular flexibility index (Phi) is 3.93. The van der Waals surface area contributed by atoms with E-state index in [0.29, 0.717) is 10.7 Å². The molecule has 4 rings (SSSR count). The van der Waals surface area contributed by atoms with Crippen molar-refractivity contribution in [2.45, 2.75) is 6.04 Å². The third-order valence-corrected chi connectivity index (χ3v) is 4.97. The number of aryl methyl sites for hydroxylation is 2. The smallest absolute Gasteiger partial charge is 0.295 e. The van der Waals surface area contributed by atoms with Crippen molar-refractivity contribution < 1.29 is 4.79 Å². The van der Waals surface area contributed by atoms with Gasteiger partial charge in [-0.3, -0.25) is 14.2 Å². The van der Waals surface area contributed by atoms with E-state index in [9.17, 15) is 4.79 Å². The van der Waals surface area contributed by atoms with Crippen LogP contribution in [0.5, 0.6) is 0 Å². The fourth-order valence-corrected chi connectivity index (χ4v) is 3.34. The van der Waals surface area contributed by atoms with Crippen molar-refractivity contribution in [3.8, 4) is 22.4 Å². The average molecular weight is 370 g/mol. The maximum absolute atomic E-state index is 12.0. The van der Waals surface area contributed by atoms with E-state index >= 15 is 0 Å². The second kappa shape index (κ2) is 6.15. The largest absolute Gasteiger partial charge is 0.328 e. The van der Waals surface area contributed by atoms with Crippen LogP contribution >= 0.6 is 11.6 Å². The molecule has 1 aliphatic rings. The SMILES string of the molecule is Cn1ncc(-c2c(-c3ccc4c(c3)C(CN)N=NC4=O)cnn2C)c1Cl. The number of carbonyl (C=O) groups is 1. The first-order valence-corrected chi connectivity index (χ1v) is 8.38. The first-order valence-electron chi connectivity index (χ1n) is 8.00. The standard InChI is InChI=1S/C17H16ClN7O/c1-24-15(13-8-21-25(2)16(13)18)12(7-20-24)9-3-4-10-11(5-9)14(6-19)22-23-17(10)26/h3-5,7-8,14H,6,19H2,1-2H3. The molecule has 2 N–H and O–H groups in total. The molecule has 1 atom stereocenters. The van der Waals surface area contributed by atoms with Crippen molar-refractivity contribution in [1.29, 1.82) is 0 Å². The van der Waals surface area contributed by atoms with Crippen LogP contribution in [-0.2, 0) is 14.1 Å². The van der Waals surface area contributed by atoms with Crippen molar-refractivity contribution in [3.05, 3.63) is 46.9 Å². The molecule has 0 radical (unpaired) electrons. The van der Waals surface area contributed by atoms with Crippen molar-refractivity contribution in [2.75, 3.05) is 6.54 Å². The maximum atomic E-state index is 12.0. The van der Waals surface area contributed by atoms with Crippen LogP contribution in [0.25, 0.3) is 22.4 Å². The number of hydrogen-bond donors (Lipinski definition) is 1. The number of rotatable bonds is 3. The quantitative estimate of drug-likeness (QED) is 0.766. The number of nitrogens with zero attached hydrogens (tertiary/aromatic N) is 6. The minimum absolute atomic E-state index is 0.279. The number of aromatic nitrogens is 4. The highest BCUT2D eigenvalue weighted by Crippen LogP contribution is 2.37. The molecule has 2 aromatic heterocycles. The Morgan fingerprint density at radius 3 is 2.54 bits per heavy atom. The minimum atomic E-state index is -0.349. The van der Waals surface area contributed by atoms with E-state index in [1.54, 1.807) is 34.9 Å². The third kappa shape index (κ3) is 2.46. The van der Waals surface area contributed by atoms with Crippen LogP contribution < -0.4 is 5.73 Å². The Balaban J connectivity index is 1.89. The lowest BCUT2D eigenvalue weighted by Gasteiger charge is -2.17. The molecule has 3 aromatic rings. The number of carbonyl (C=O) groups excluding carboxylic acids is 1. The Hall–Kier alpha value is -2.84. The predicted octanol–water partition coefficient (Wildman–Crippen LogP) is 2.75. The van der Waals surface area contributed by atoms with Crippen molar-refractivity contribution in [2.24, 2.45) is 30.1 Å². The van der Waals surface area contributed by atoms with Crippen molar-refractivity contribution in [3.63, 3.8) is 0 Å². The summed E-state index contributed by atoms with van der Waals surface area (Å²) in [6, 6.07) is 5.23. The van der Waals surface area contributed by atoms with E-state index in [2.05, 4.69) is 20.4 Å². The first-order chi connectivity index (χ1) is 12.5. The number of amides is 1. The number of azo groups is 1. The van der Waals surface area contributed by atoms with Gasteiger partial charge in [0, 0.05) is 31.8 Å². The van der Waals surface area contributed by atoms with E-state index < -0.39 is 0 Å². The van der Waals surface area contributed by atoms with Gasteiger partial charge in [-0.15, -0.1) is 5.11 Å². The van der Waals surface area contributed by atoms with Gasteiger partial charge in [-0.1, -0.05) is 17.7 Å². The highest BCUT2D eigenvalue weighted by Gasteiger charge is 2.25. The molecule has 8 nitrogen and oxygen atoms in total. The fourth-order valence-electron chi connectivity index (χ4n) is 3.16. The lowest BCUT2D eigenvalue weighted by Crippen LogP contribution is -2.17. The van der Waals surface area contributed by atoms with E-state index in [1.807, 2.05) is 19.2 Å². The summed E-state index contributed by atoms with van der Waals surface area (Å²) in [4.78, 5) is 12.0. The van der Waals surface area contributed by atoms with Crippen LogP contribution in [0, 0.1) is 0 Å². The lowest BCUT2D eigenvalue weighted by molar-refractivity contribution is 0.0985. The van der Waals surface area contributed by atoms with Gasteiger partial charge in [-0.25, -0.2) is 0 Å². The molecule has 0 bridgehead atoms. The number of nitrogens with two attached hydrogens (primary N) is 1. The van der Waals surface area contributed by atoms with Gasteiger partial charge in [-0.05, 0) is 23.3 Å². The van der Waals surface area contributed by atoms with E-state index in [4.69, 9.17) is 17.3 Å². The van der Waals surface area contributed by atoms with Crippen molar-refractivity contribution in [1.82, 2.24) is 19.6 Å². The molecule has 1 aliphatic heterocycles. The molecule has 0 spiro atoms. The van der Waals surface area contributed by atoms with Gasteiger partial charge < -0.3 is 5.73 Å². The fraction of sp³-hybridized carbons (Fsp3) is 0.235. The number of halogens is 1. The Labute approximate surface area is 154 Å². The highest BCUT2D eigenvalue weighted by atomic mass is 35.5. The van der Waals surface area contributed by atoms with Crippen molar-refractivity contribution >= 4 is 17.5 Å². The van der Waals surface area contributed by atoms with E-state index in [1.165, 1.54) is 0 Å². The molecule has 0 saturated carbocycles. The van der Waals surface area contributed by atoms with E-state index in [0.717, 1.165) is 27.9 Å². The zero-order chi connectivity index (χ0) is 18.4. The lowest BCUT2D eigenvalue weighted by atomic mass is 9.93. The molecular weight excluding hydrogens is 354 g/mol. The summed E-state index contributed by atoms with van der Waals surface area (Å²) in [6.45, 7) is 0.279. The monoisotopic (exact) mass is 369 g/mol. The maximum Gasteiger partial charge on any atom is 0.295 e. The summed E-state index contributed by atoms with van der Waals surface area (Å²) in [7, 11) is 3.63. The zero-order valence-corrected chi connectivity index (χ0v) is 15.0. The Bertz CT molecular complexity index is 1050. The summed E-state index contributed by atoms with van der Waals surface area (Å²) in [6.07, 6.45) is 3.48. The van der Waals surface area contributed by atoms with Gasteiger partial charge in [-0.2, -0.15) is 15.3 Å². The Morgan fingerprint density at radius 2 is 1.85 bits per heavy atom. The normalized spacial score (nSPS) is 16.2. The molecule has 132 valence electrons. The van der Waals surface area contributed by atoms with Crippen LogP contribution in [0.3, 0.4) is 0 Å². The average Bonchev–Trinajstić information content (AvgIpc) is 3.18. The summed E-state index contributed by atoms with van der Waals surface area (Å²) in [5.41, 5.74) is 10.5. The molecule has 9 heteroatoms. The molecule has 26 heavy (non-hydrogen) atoms. The molecule has 3 heterocycles. The van der Waals surface area contributed by atoms with Crippen LogP contribution in [0.2, 0.25) is 5.15 Å². The summed E-state index contributed by atoms with van der Waals surface area (Å²) >= 11 is 6.38. The van der Waals surface area contributed by atoms with Gasteiger partial charge in [0.15, 0.2) is 0 Å². The van der Waals surface area contributed by atoms with Crippen LogP contribution in [-0.4, -0.2) is 32.0 Å². The third-order valence-electron chi connectivity index (χ3n) is 4.52. The predicted molar refractivity (Wildman–Crippen MR) is 96.8 cm³/mol. The highest BCUT2D eigenvalue weighted by molar-refractivity contribution is 6.32. The minimum Gasteiger partial charge on any atom is -0.328 e. The zero-order valence-electron chi connectivity index (χ0n) is 14.2. The summed E-state index contributed by atoms with van der Waals surface area (Å²) < 4.78 is 3.35. The van der Waals surface area contributed by atoms with Gasteiger partial charge in [0.25, 0.3) is 5.91 Å². The van der Waals surface area contributed by atoms with Crippen LogP contribution in [0.4, 0.5) is 0 Å². The number of fused-ring (bicyclic) bond motifs is 1. The van der Waals surface area contributed by atoms with E-state index in [-0.39, 0.29) is 18.5 Å². The Morgan fingerprint density at radius 1 is 1.12 bits per heavy atom. The van der Waals surface area contributed by atoms with Gasteiger partial charge in [0.1, 0.15) is 11.2 Å². The second-order valence-electron chi connectivity index (χ2n) is 6.08. The summed E-state index contributed by atoms with van der Waals surface area (Å²) in [5, 5.41) is 16.8. The first kappa shape index (κ1) is 16.6. The molecule has 1 amide bonds. The number of hydrogen-bond acceptors (Lipinski definition) is 5. The number of benzene rings is 1. The summed E-state index contributed by atoms with van der Waals surface area (Å²) in [5.74, 6) is -0.349. The van der Waals surface area contributed by atoms with Gasteiger partial charge >= 0.3 is 0 Å². The second-order valence-corrected chi connectivity index (χ2v) is 6.44. The molecule has 1 aromatic carbocycles. The van der Waals surface area contributed by atoms with Gasteiger partial charge in [0.05, 0.1) is 23.7 Å². The van der Waals surface area contributed by atoms with Crippen LogP contribution in [0.15, 0.2) is 40.8 Å². The molecule has 0 aliphatic carbocycles.